The smallest absolute Gasteiger partial charge is 0.199 e. The van der Waals surface area contributed by atoms with E-state index in [4.69, 9.17) is 20.8 Å². The van der Waals surface area contributed by atoms with Gasteiger partial charge >= 0.3 is 0 Å². The molecule has 0 amide bonds. The van der Waals surface area contributed by atoms with Gasteiger partial charge in [0.05, 0.1) is 12.3 Å². The van der Waals surface area contributed by atoms with Crippen LogP contribution in [0, 0.1) is 0 Å². The van der Waals surface area contributed by atoms with Gasteiger partial charge < -0.3 is 14.3 Å². The zero-order valence-corrected chi connectivity index (χ0v) is 18.4. The van der Waals surface area contributed by atoms with Crippen LogP contribution >= 0.6 is 27.5 Å². The van der Waals surface area contributed by atoms with Crippen molar-refractivity contribution in [3.63, 3.8) is 0 Å². The van der Waals surface area contributed by atoms with Crippen molar-refractivity contribution in [3.05, 3.63) is 81.1 Å². The molecule has 1 N–H and O–H groups in total. The van der Waals surface area contributed by atoms with Crippen LogP contribution in [0.2, 0.25) is 5.02 Å². The second-order valence-corrected chi connectivity index (χ2v) is 7.95. The van der Waals surface area contributed by atoms with E-state index in [-0.39, 0.29) is 5.75 Å². The summed E-state index contributed by atoms with van der Waals surface area (Å²) >= 11 is 9.36. The summed E-state index contributed by atoms with van der Waals surface area (Å²) in [7, 11) is 0. The largest absolute Gasteiger partial charge is 0.504 e. The summed E-state index contributed by atoms with van der Waals surface area (Å²) in [6.07, 6.45) is 2.18. The number of nitrogens with zero attached hydrogens (tertiary/aromatic N) is 2. The van der Waals surface area contributed by atoms with E-state index < -0.39 is 0 Å². The van der Waals surface area contributed by atoms with Crippen LogP contribution in [0.1, 0.15) is 23.9 Å². The van der Waals surface area contributed by atoms with Crippen LogP contribution in [0.5, 0.6) is 11.5 Å². The monoisotopic (exact) mass is 484 g/mol. The number of phenols is 1. The predicted octanol–water partition coefficient (Wildman–Crippen LogP) is 6.69. The summed E-state index contributed by atoms with van der Waals surface area (Å²) < 4.78 is 12.1. The van der Waals surface area contributed by atoms with Crippen LogP contribution < -0.4 is 4.74 Å². The molecule has 0 saturated heterocycles. The molecule has 0 bridgehead atoms. The van der Waals surface area contributed by atoms with E-state index in [1.165, 1.54) is 0 Å². The molecule has 1 heterocycles. The molecular weight excluding hydrogens is 468 g/mol. The molecular formula is C23H18BrClN2O3. The van der Waals surface area contributed by atoms with Crippen molar-refractivity contribution < 1.29 is 14.3 Å². The minimum atomic E-state index is 0.0524. The number of aromatic nitrogens is 1. The number of aromatic hydroxyl groups is 1. The lowest BCUT2D eigenvalue weighted by molar-refractivity contribution is 0.317. The number of hydrogen-bond acceptors (Lipinski definition) is 5. The van der Waals surface area contributed by atoms with Crippen LogP contribution in [-0.2, 0) is 6.42 Å². The van der Waals surface area contributed by atoms with Gasteiger partial charge in [0.25, 0.3) is 0 Å². The van der Waals surface area contributed by atoms with Crippen molar-refractivity contribution in [3.8, 4) is 11.5 Å². The van der Waals surface area contributed by atoms with E-state index in [0.29, 0.717) is 46.5 Å². The Kier molecular flexibility index (Phi) is 6.06. The Morgan fingerprint density at radius 3 is 2.73 bits per heavy atom. The highest BCUT2D eigenvalue weighted by molar-refractivity contribution is 9.10. The molecule has 152 valence electrons. The number of rotatable bonds is 6. The van der Waals surface area contributed by atoms with Crippen LogP contribution in [-0.4, -0.2) is 22.9 Å². The molecule has 3 aromatic carbocycles. The average molecular weight is 486 g/mol. The van der Waals surface area contributed by atoms with Crippen molar-refractivity contribution >= 4 is 50.5 Å². The van der Waals surface area contributed by atoms with Crippen molar-refractivity contribution in [1.82, 2.24) is 4.98 Å². The number of benzene rings is 3. The zero-order chi connectivity index (χ0) is 21.1. The Hall–Kier alpha value is -2.83. The lowest BCUT2D eigenvalue weighted by atomic mass is 10.1. The van der Waals surface area contributed by atoms with Gasteiger partial charge in [-0.1, -0.05) is 39.7 Å². The fourth-order valence-electron chi connectivity index (χ4n) is 3.00. The quantitative estimate of drug-likeness (QED) is 0.309. The Morgan fingerprint density at radius 1 is 1.17 bits per heavy atom. The summed E-state index contributed by atoms with van der Waals surface area (Å²) in [6.45, 7) is 2.32. The van der Waals surface area contributed by atoms with Gasteiger partial charge in [0.15, 0.2) is 23.0 Å². The number of ether oxygens (including phenoxy) is 1. The third-order valence-electron chi connectivity index (χ3n) is 4.41. The second-order valence-electron chi connectivity index (χ2n) is 6.60. The maximum atomic E-state index is 10.4. The lowest BCUT2D eigenvalue weighted by Gasteiger charge is -2.08. The summed E-state index contributed by atoms with van der Waals surface area (Å²) in [5.74, 6) is 1.09. The Bertz CT molecular complexity index is 1220. The summed E-state index contributed by atoms with van der Waals surface area (Å²) in [4.78, 5) is 9.04. The number of aliphatic imine (C=N–C) groups is 1. The molecule has 0 unspecified atom stereocenters. The first-order valence-corrected chi connectivity index (χ1v) is 10.5. The van der Waals surface area contributed by atoms with E-state index in [9.17, 15) is 5.11 Å². The van der Waals surface area contributed by atoms with Crippen LogP contribution in [0.15, 0.2) is 68.5 Å². The third-order valence-corrected chi connectivity index (χ3v) is 5.12. The molecule has 4 aromatic rings. The fourth-order valence-corrected chi connectivity index (χ4v) is 3.58. The Labute approximate surface area is 187 Å². The van der Waals surface area contributed by atoms with Crippen LogP contribution in [0.4, 0.5) is 5.69 Å². The molecule has 1 aromatic heterocycles. The van der Waals surface area contributed by atoms with Gasteiger partial charge in [0.2, 0.25) is 0 Å². The first-order chi connectivity index (χ1) is 14.5. The topological polar surface area (TPSA) is 67.9 Å². The van der Waals surface area contributed by atoms with E-state index in [1.54, 1.807) is 18.3 Å². The molecule has 5 nitrogen and oxygen atoms in total. The van der Waals surface area contributed by atoms with E-state index >= 15 is 0 Å². The highest BCUT2D eigenvalue weighted by Gasteiger charge is 2.10. The number of halogens is 2. The van der Waals surface area contributed by atoms with E-state index in [0.717, 1.165) is 15.6 Å². The van der Waals surface area contributed by atoms with Gasteiger partial charge in [-0.25, -0.2) is 4.98 Å². The fraction of sp³-hybridized carbons (Fsp3) is 0.130. The predicted molar refractivity (Wildman–Crippen MR) is 122 cm³/mol. The number of fused-ring (bicyclic) bond motifs is 1. The molecule has 0 atom stereocenters. The van der Waals surface area contributed by atoms with Crippen LogP contribution in [0.25, 0.3) is 11.1 Å². The Balaban J connectivity index is 1.57. The first kappa shape index (κ1) is 20.4. The number of phenolic OH excluding ortho intramolecular Hbond substituents is 1. The average Bonchev–Trinajstić information content (AvgIpc) is 3.12. The van der Waals surface area contributed by atoms with Crippen molar-refractivity contribution in [2.75, 3.05) is 6.61 Å². The first-order valence-electron chi connectivity index (χ1n) is 9.35. The van der Waals surface area contributed by atoms with Gasteiger partial charge in [-0.05, 0) is 55.0 Å². The standard InChI is InChI=1S/C23H18BrClN2O3/c1-2-29-21-11-16(24)10-15(23(21)28)13-26-18-7-8-20-19(12-18)27-22(30-20)9-14-3-5-17(25)6-4-14/h3-8,10-13,28H,2,9H2,1H3. The molecule has 0 aliphatic rings. The highest BCUT2D eigenvalue weighted by Crippen LogP contribution is 2.33. The maximum Gasteiger partial charge on any atom is 0.199 e. The molecule has 30 heavy (non-hydrogen) atoms. The number of hydrogen-bond donors (Lipinski definition) is 1. The van der Waals surface area contributed by atoms with Gasteiger partial charge in [-0.3, -0.25) is 4.99 Å². The molecule has 0 aliphatic carbocycles. The molecule has 0 aliphatic heterocycles. The summed E-state index contributed by atoms with van der Waals surface area (Å²) in [5.41, 5.74) is 3.74. The molecule has 7 heteroatoms. The highest BCUT2D eigenvalue weighted by atomic mass is 79.9. The van der Waals surface area contributed by atoms with Gasteiger partial charge in [-0.15, -0.1) is 0 Å². The van der Waals surface area contributed by atoms with Crippen molar-refractivity contribution in [2.45, 2.75) is 13.3 Å². The summed E-state index contributed by atoms with van der Waals surface area (Å²) in [6, 6.07) is 16.6. The normalized spacial score (nSPS) is 11.4. The molecule has 4 rings (SSSR count). The summed E-state index contributed by atoms with van der Waals surface area (Å²) in [5, 5.41) is 11.1. The van der Waals surface area contributed by atoms with Gasteiger partial charge in [-0.2, -0.15) is 0 Å². The van der Waals surface area contributed by atoms with Crippen LogP contribution in [0.3, 0.4) is 0 Å². The van der Waals surface area contributed by atoms with Gasteiger partial charge in [0.1, 0.15) is 5.52 Å². The SMILES string of the molecule is CCOc1cc(Br)cc(C=Nc2ccc3oc(Cc4ccc(Cl)cc4)nc3c2)c1O. The number of oxazole rings is 1. The van der Waals surface area contributed by atoms with Crippen molar-refractivity contribution in [2.24, 2.45) is 4.99 Å². The lowest BCUT2D eigenvalue weighted by Crippen LogP contribution is -1.94. The Morgan fingerprint density at radius 2 is 1.97 bits per heavy atom. The molecule has 0 saturated carbocycles. The van der Waals surface area contributed by atoms with Crippen molar-refractivity contribution in [1.29, 1.82) is 0 Å². The molecule has 0 radical (unpaired) electrons. The molecule has 0 fully saturated rings. The third kappa shape index (κ3) is 4.66. The maximum absolute atomic E-state index is 10.4. The minimum Gasteiger partial charge on any atom is -0.504 e. The second kappa shape index (κ2) is 8.90. The van der Waals surface area contributed by atoms with E-state index in [2.05, 4.69) is 25.9 Å². The minimum absolute atomic E-state index is 0.0524. The molecule has 0 spiro atoms. The van der Waals surface area contributed by atoms with E-state index in [1.807, 2.05) is 49.4 Å². The zero-order valence-electron chi connectivity index (χ0n) is 16.1. The van der Waals surface area contributed by atoms with Gasteiger partial charge in [0, 0.05) is 27.7 Å².